The summed E-state index contributed by atoms with van der Waals surface area (Å²) in [5.41, 5.74) is 6.79. The van der Waals surface area contributed by atoms with Crippen LogP contribution < -0.4 is 11.1 Å². The van der Waals surface area contributed by atoms with Crippen LogP contribution in [-0.2, 0) is 0 Å². The smallest absolute Gasteiger partial charge is 0.272 e. The van der Waals surface area contributed by atoms with Gasteiger partial charge in [-0.05, 0) is 31.5 Å². The van der Waals surface area contributed by atoms with Gasteiger partial charge < -0.3 is 16.0 Å². The van der Waals surface area contributed by atoms with Gasteiger partial charge in [0.15, 0.2) is 0 Å². The van der Waals surface area contributed by atoms with E-state index >= 15 is 0 Å². The molecule has 0 atom stereocenters. The Labute approximate surface area is 102 Å². The molecule has 1 amide bonds. The third-order valence-electron chi connectivity index (χ3n) is 2.35. The zero-order chi connectivity index (χ0) is 12.7. The van der Waals surface area contributed by atoms with Crippen LogP contribution in [0.3, 0.4) is 0 Å². The van der Waals surface area contributed by atoms with Gasteiger partial charge >= 0.3 is 0 Å². The van der Waals surface area contributed by atoms with E-state index in [0.717, 1.165) is 25.1 Å². The van der Waals surface area contributed by atoms with E-state index in [1.54, 1.807) is 26.4 Å². The third-order valence-corrected chi connectivity index (χ3v) is 2.35. The number of hydrogen-bond donors (Lipinski definition) is 2. The fourth-order valence-corrected chi connectivity index (χ4v) is 1.39. The van der Waals surface area contributed by atoms with E-state index in [1.807, 2.05) is 6.07 Å². The van der Waals surface area contributed by atoms with Crippen molar-refractivity contribution in [3.8, 4) is 0 Å². The Morgan fingerprint density at radius 3 is 2.88 bits per heavy atom. The zero-order valence-electron chi connectivity index (χ0n) is 10.4. The Morgan fingerprint density at radius 1 is 1.47 bits per heavy atom. The van der Waals surface area contributed by atoms with Gasteiger partial charge in [0, 0.05) is 32.5 Å². The summed E-state index contributed by atoms with van der Waals surface area (Å²) in [5, 5.41) is 3.25. The number of anilines is 1. The Hall–Kier alpha value is -1.62. The maximum absolute atomic E-state index is 11.7. The van der Waals surface area contributed by atoms with Crippen molar-refractivity contribution in [2.45, 2.75) is 12.8 Å². The van der Waals surface area contributed by atoms with E-state index < -0.39 is 0 Å². The summed E-state index contributed by atoms with van der Waals surface area (Å²) in [5.74, 6) is -0.0874. The van der Waals surface area contributed by atoms with Gasteiger partial charge in [-0.25, -0.2) is 0 Å². The molecule has 0 radical (unpaired) electrons. The summed E-state index contributed by atoms with van der Waals surface area (Å²) in [6.45, 7) is 1.57. The molecular weight excluding hydrogens is 216 g/mol. The summed E-state index contributed by atoms with van der Waals surface area (Å²) >= 11 is 0. The van der Waals surface area contributed by atoms with Gasteiger partial charge in [0.05, 0.1) is 0 Å². The van der Waals surface area contributed by atoms with Gasteiger partial charge in [-0.3, -0.25) is 9.78 Å². The molecule has 94 valence electrons. The van der Waals surface area contributed by atoms with E-state index in [0.29, 0.717) is 12.2 Å². The van der Waals surface area contributed by atoms with Crippen LogP contribution in [-0.4, -0.2) is 43.0 Å². The molecular formula is C12H20N4O. The van der Waals surface area contributed by atoms with Crippen LogP contribution in [0.5, 0.6) is 0 Å². The number of carbonyl (C=O) groups is 1. The maximum Gasteiger partial charge on any atom is 0.272 e. The summed E-state index contributed by atoms with van der Waals surface area (Å²) < 4.78 is 0. The van der Waals surface area contributed by atoms with E-state index in [-0.39, 0.29) is 5.91 Å². The van der Waals surface area contributed by atoms with Crippen LogP contribution in [0, 0.1) is 0 Å². The minimum Gasteiger partial charge on any atom is -0.385 e. The number of hydrogen-bond acceptors (Lipinski definition) is 4. The van der Waals surface area contributed by atoms with Gasteiger partial charge in [-0.15, -0.1) is 0 Å². The SMILES string of the molecule is CN(C)C(=O)c1cc(NCCCCN)ccn1. The molecule has 1 rings (SSSR count). The number of pyridine rings is 1. The highest BCUT2D eigenvalue weighted by atomic mass is 16.2. The van der Waals surface area contributed by atoms with Crippen molar-refractivity contribution in [3.05, 3.63) is 24.0 Å². The molecule has 0 bridgehead atoms. The molecule has 5 nitrogen and oxygen atoms in total. The summed E-state index contributed by atoms with van der Waals surface area (Å²) in [6, 6.07) is 3.62. The van der Waals surface area contributed by atoms with Crippen molar-refractivity contribution in [3.63, 3.8) is 0 Å². The number of nitrogens with one attached hydrogen (secondary N) is 1. The predicted molar refractivity (Wildman–Crippen MR) is 69.0 cm³/mol. The summed E-state index contributed by atoms with van der Waals surface area (Å²) in [6.07, 6.45) is 3.67. The molecule has 0 aliphatic rings. The van der Waals surface area contributed by atoms with E-state index in [2.05, 4.69) is 10.3 Å². The normalized spacial score (nSPS) is 10.1. The van der Waals surface area contributed by atoms with Crippen LogP contribution in [0.25, 0.3) is 0 Å². The monoisotopic (exact) mass is 236 g/mol. The van der Waals surface area contributed by atoms with Crippen molar-refractivity contribution in [1.82, 2.24) is 9.88 Å². The Bertz CT molecular complexity index is 365. The second-order valence-electron chi connectivity index (χ2n) is 4.05. The molecule has 0 unspecified atom stereocenters. The number of rotatable bonds is 6. The molecule has 0 spiro atoms. The second kappa shape index (κ2) is 6.85. The molecule has 3 N–H and O–H groups in total. The van der Waals surface area contributed by atoms with E-state index in [9.17, 15) is 4.79 Å². The largest absolute Gasteiger partial charge is 0.385 e. The molecule has 0 saturated carbocycles. The number of aromatic nitrogens is 1. The molecule has 0 fully saturated rings. The number of unbranched alkanes of at least 4 members (excludes halogenated alkanes) is 1. The lowest BCUT2D eigenvalue weighted by Gasteiger charge is -2.11. The molecule has 0 saturated heterocycles. The van der Waals surface area contributed by atoms with Crippen LogP contribution in [0.4, 0.5) is 5.69 Å². The topological polar surface area (TPSA) is 71.2 Å². The van der Waals surface area contributed by atoms with Gasteiger partial charge in [0.1, 0.15) is 5.69 Å². The lowest BCUT2D eigenvalue weighted by Crippen LogP contribution is -2.22. The molecule has 0 aromatic carbocycles. The van der Waals surface area contributed by atoms with Crippen LogP contribution in [0.2, 0.25) is 0 Å². The number of amides is 1. The first-order valence-electron chi connectivity index (χ1n) is 5.77. The lowest BCUT2D eigenvalue weighted by molar-refractivity contribution is 0.0822. The van der Waals surface area contributed by atoms with Crippen molar-refractivity contribution >= 4 is 11.6 Å². The first kappa shape index (κ1) is 13.4. The highest BCUT2D eigenvalue weighted by Gasteiger charge is 2.09. The minimum absolute atomic E-state index is 0.0874. The van der Waals surface area contributed by atoms with Crippen LogP contribution >= 0.6 is 0 Å². The van der Waals surface area contributed by atoms with E-state index in [4.69, 9.17) is 5.73 Å². The second-order valence-corrected chi connectivity index (χ2v) is 4.05. The van der Waals surface area contributed by atoms with Crippen molar-refractivity contribution in [1.29, 1.82) is 0 Å². The van der Waals surface area contributed by atoms with Crippen molar-refractivity contribution in [2.75, 3.05) is 32.5 Å². The first-order chi connectivity index (χ1) is 8.15. The molecule has 1 aromatic rings. The predicted octanol–water partition coefficient (Wildman–Crippen LogP) is 0.934. The fraction of sp³-hybridized carbons (Fsp3) is 0.500. The van der Waals surface area contributed by atoms with Gasteiger partial charge in [0.2, 0.25) is 0 Å². The highest BCUT2D eigenvalue weighted by molar-refractivity contribution is 5.92. The molecule has 0 aliphatic carbocycles. The van der Waals surface area contributed by atoms with Gasteiger partial charge in [0.25, 0.3) is 5.91 Å². The number of carbonyl (C=O) groups excluding carboxylic acids is 1. The Balaban J connectivity index is 2.57. The fourth-order valence-electron chi connectivity index (χ4n) is 1.39. The van der Waals surface area contributed by atoms with Crippen molar-refractivity contribution in [2.24, 2.45) is 5.73 Å². The molecule has 17 heavy (non-hydrogen) atoms. The Morgan fingerprint density at radius 2 is 2.24 bits per heavy atom. The summed E-state index contributed by atoms with van der Waals surface area (Å²) in [7, 11) is 3.43. The molecule has 0 aliphatic heterocycles. The number of nitrogens with two attached hydrogens (primary N) is 1. The quantitative estimate of drug-likeness (QED) is 0.721. The number of nitrogens with zero attached hydrogens (tertiary/aromatic N) is 2. The third kappa shape index (κ3) is 4.40. The van der Waals surface area contributed by atoms with Gasteiger partial charge in [-0.2, -0.15) is 0 Å². The maximum atomic E-state index is 11.7. The average Bonchev–Trinajstić information content (AvgIpc) is 2.34. The highest BCUT2D eigenvalue weighted by Crippen LogP contribution is 2.09. The molecule has 5 heteroatoms. The Kier molecular flexibility index (Phi) is 5.42. The first-order valence-corrected chi connectivity index (χ1v) is 5.77. The summed E-state index contributed by atoms with van der Waals surface area (Å²) in [4.78, 5) is 17.3. The average molecular weight is 236 g/mol. The lowest BCUT2D eigenvalue weighted by atomic mass is 10.2. The van der Waals surface area contributed by atoms with Crippen molar-refractivity contribution < 1.29 is 4.79 Å². The molecule has 1 aromatic heterocycles. The van der Waals surface area contributed by atoms with Gasteiger partial charge in [-0.1, -0.05) is 0 Å². The standard InChI is InChI=1S/C12H20N4O/c1-16(2)12(17)11-9-10(5-8-15-11)14-7-4-3-6-13/h5,8-9H,3-4,6-7,13H2,1-2H3,(H,14,15). The van der Waals surface area contributed by atoms with E-state index in [1.165, 1.54) is 4.90 Å². The molecule has 1 heterocycles. The van der Waals surface area contributed by atoms with Crippen LogP contribution in [0.1, 0.15) is 23.3 Å². The van der Waals surface area contributed by atoms with Crippen LogP contribution in [0.15, 0.2) is 18.3 Å². The zero-order valence-corrected chi connectivity index (χ0v) is 10.4. The minimum atomic E-state index is -0.0874.